The van der Waals surface area contributed by atoms with Crippen LogP contribution in [-0.4, -0.2) is 55.1 Å². The minimum atomic E-state index is 0.418. The Bertz CT molecular complexity index is 234. The quantitative estimate of drug-likeness (QED) is 0.817. The minimum Gasteiger partial charge on any atom is -0.326 e. The zero-order valence-corrected chi connectivity index (χ0v) is 12.3. The molecule has 2 unspecified atom stereocenters. The summed E-state index contributed by atoms with van der Waals surface area (Å²) in [5, 5.41) is 0. The Morgan fingerprint density at radius 3 is 2.11 bits per heavy atom. The van der Waals surface area contributed by atoms with E-state index in [0.717, 1.165) is 6.04 Å². The summed E-state index contributed by atoms with van der Waals surface area (Å²) in [5.41, 5.74) is 6.42. The Labute approximate surface area is 113 Å². The molecule has 0 spiro atoms. The molecule has 2 aliphatic rings. The van der Waals surface area contributed by atoms with E-state index in [9.17, 15) is 0 Å². The third-order valence-electron chi connectivity index (χ3n) is 4.98. The lowest BCUT2D eigenvalue weighted by Gasteiger charge is -2.42. The number of hydrogen-bond acceptors (Lipinski definition) is 3. The molecule has 0 aromatic heterocycles. The van der Waals surface area contributed by atoms with Gasteiger partial charge in [-0.25, -0.2) is 0 Å². The molecule has 1 saturated carbocycles. The fourth-order valence-electron chi connectivity index (χ4n) is 3.68. The topological polar surface area (TPSA) is 32.5 Å². The summed E-state index contributed by atoms with van der Waals surface area (Å²) in [4.78, 5) is 5.07. The van der Waals surface area contributed by atoms with Crippen LogP contribution in [0.4, 0.5) is 0 Å². The standard InChI is InChI=1S/C15H31N3/c1-17(2)13-9-11-18(12-10-13)15-8-6-4-3-5-7-14(15)16/h13-15H,3-12,16H2,1-2H3. The van der Waals surface area contributed by atoms with Crippen molar-refractivity contribution < 1.29 is 0 Å². The molecule has 0 aromatic rings. The van der Waals surface area contributed by atoms with Crippen LogP contribution < -0.4 is 5.73 Å². The van der Waals surface area contributed by atoms with Gasteiger partial charge in [0.1, 0.15) is 0 Å². The van der Waals surface area contributed by atoms with Crippen LogP contribution in [0.1, 0.15) is 51.4 Å². The van der Waals surface area contributed by atoms with Crippen molar-refractivity contribution in [2.45, 2.75) is 69.5 Å². The van der Waals surface area contributed by atoms with Gasteiger partial charge < -0.3 is 10.6 Å². The molecule has 0 amide bonds. The average molecular weight is 253 g/mol. The SMILES string of the molecule is CN(C)C1CCN(C2CCCCCCC2N)CC1. The molecule has 3 nitrogen and oxygen atoms in total. The predicted molar refractivity (Wildman–Crippen MR) is 77.7 cm³/mol. The van der Waals surface area contributed by atoms with Crippen LogP contribution in [-0.2, 0) is 0 Å². The summed E-state index contributed by atoms with van der Waals surface area (Å²) in [7, 11) is 4.42. The third-order valence-corrected chi connectivity index (χ3v) is 4.98. The summed E-state index contributed by atoms with van der Waals surface area (Å²) in [6.07, 6.45) is 10.7. The first-order valence-corrected chi connectivity index (χ1v) is 7.84. The van der Waals surface area contributed by atoms with E-state index in [0.29, 0.717) is 12.1 Å². The highest BCUT2D eigenvalue weighted by Crippen LogP contribution is 2.24. The Kier molecular flexibility index (Phi) is 5.46. The lowest BCUT2D eigenvalue weighted by atomic mass is 9.90. The molecule has 2 N–H and O–H groups in total. The molecule has 3 heteroatoms. The highest BCUT2D eigenvalue weighted by atomic mass is 15.2. The first-order chi connectivity index (χ1) is 8.68. The van der Waals surface area contributed by atoms with Crippen molar-refractivity contribution in [3.05, 3.63) is 0 Å². The van der Waals surface area contributed by atoms with Gasteiger partial charge in [-0.05, 0) is 52.9 Å². The van der Waals surface area contributed by atoms with Crippen molar-refractivity contribution in [1.29, 1.82) is 0 Å². The van der Waals surface area contributed by atoms with Crippen molar-refractivity contribution in [2.24, 2.45) is 5.73 Å². The third kappa shape index (κ3) is 3.69. The lowest BCUT2D eigenvalue weighted by molar-refractivity contribution is 0.0855. The van der Waals surface area contributed by atoms with E-state index in [2.05, 4.69) is 23.9 Å². The molecule has 1 aliphatic carbocycles. The first-order valence-electron chi connectivity index (χ1n) is 7.84. The maximum atomic E-state index is 6.42. The fraction of sp³-hybridized carbons (Fsp3) is 1.00. The van der Waals surface area contributed by atoms with E-state index in [1.807, 2.05) is 0 Å². The van der Waals surface area contributed by atoms with Gasteiger partial charge in [0.15, 0.2) is 0 Å². The molecule has 1 heterocycles. The molecule has 0 aromatic carbocycles. The van der Waals surface area contributed by atoms with E-state index in [1.165, 1.54) is 64.5 Å². The van der Waals surface area contributed by atoms with Crippen LogP contribution in [0.2, 0.25) is 0 Å². The number of nitrogens with zero attached hydrogens (tertiary/aromatic N) is 2. The van der Waals surface area contributed by atoms with Gasteiger partial charge in [0.05, 0.1) is 0 Å². The van der Waals surface area contributed by atoms with Crippen molar-refractivity contribution >= 4 is 0 Å². The molecule has 2 atom stereocenters. The summed E-state index contributed by atoms with van der Waals surface area (Å²) in [6, 6.07) is 1.86. The molecule has 106 valence electrons. The Morgan fingerprint density at radius 2 is 1.50 bits per heavy atom. The van der Waals surface area contributed by atoms with Gasteiger partial charge in [0, 0.05) is 18.1 Å². The highest BCUT2D eigenvalue weighted by molar-refractivity contribution is 4.87. The highest BCUT2D eigenvalue weighted by Gasteiger charge is 2.29. The maximum Gasteiger partial charge on any atom is 0.0247 e. The maximum absolute atomic E-state index is 6.42. The van der Waals surface area contributed by atoms with Crippen LogP contribution >= 0.6 is 0 Å². The second kappa shape index (κ2) is 6.88. The normalized spacial score (nSPS) is 33.3. The van der Waals surface area contributed by atoms with Crippen LogP contribution in [0.3, 0.4) is 0 Å². The zero-order valence-electron chi connectivity index (χ0n) is 12.3. The van der Waals surface area contributed by atoms with E-state index >= 15 is 0 Å². The number of rotatable bonds is 2. The van der Waals surface area contributed by atoms with Crippen molar-refractivity contribution in [1.82, 2.24) is 9.80 Å². The monoisotopic (exact) mass is 253 g/mol. The molecular formula is C15H31N3. The van der Waals surface area contributed by atoms with E-state index in [-0.39, 0.29) is 0 Å². The Morgan fingerprint density at radius 1 is 0.889 bits per heavy atom. The molecule has 1 aliphatic heterocycles. The van der Waals surface area contributed by atoms with Crippen LogP contribution in [0.15, 0.2) is 0 Å². The van der Waals surface area contributed by atoms with E-state index < -0.39 is 0 Å². The second-order valence-electron chi connectivity index (χ2n) is 6.45. The molecule has 0 radical (unpaired) electrons. The number of piperidine rings is 1. The van der Waals surface area contributed by atoms with Gasteiger partial charge >= 0.3 is 0 Å². The van der Waals surface area contributed by atoms with Crippen LogP contribution in [0.25, 0.3) is 0 Å². The van der Waals surface area contributed by atoms with Gasteiger partial charge in [-0.1, -0.05) is 25.7 Å². The fourth-order valence-corrected chi connectivity index (χ4v) is 3.68. The van der Waals surface area contributed by atoms with Gasteiger partial charge in [-0.3, -0.25) is 4.90 Å². The number of hydrogen-bond donors (Lipinski definition) is 1. The summed E-state index contributed by atoms with van der Waals surface area (Å²) in [6.45, 7) is 2.50. The van der Waals surface area contributed by atoms with Crippen molar-refractivity contribution in [2.75, 3.05) is 27.2 Å². The Balaban J connectivity index is 1.86. The van der Waals surface area contributed by atoms with Gasteiger partial charge in [-0.2, -0.15) is 0 Å². The largest absolute Gasteiger partial charge is 0.326 e. The van der Waals surface area contributed by atoms with Crippen molar-refractivity contribution in [3.8, 4) is 0 Å². The van der Waals surface area contributed by atoms with Crippen molar-refractivity contribution in [3.63, 3.8) is 0 Å². The van der Waals surface area contributed by atoms with Gasteiger partial charge in [0.2, 0.25) is 0 Å². The Hall–Kier alpha value is -0.120. The smallest absolute Gasteiger partial charge is 0.0247 e. The minimum absolute atomic E-state index is 0.418. The number of nitrogens with two attached hydrogens (primary N) is 1. The predicted octanol–water partition coefficient (Wildman–Crippen LogP) is 2.06. The molecule has 2 fully saturated rings. The summed E-state index contributed by atoms with van der Waals surface area (Å²) >= 11 is 0. The first kappa shape index (κ1) is 14.3. The average Bonchev–Trinajstić information content (AvgIpc) is 2.35. The van der Waals surface area contributed by atoms with Gasteiger partial charge in [-0.15, -0.1) is 0 Å². The molecule has 2 rings (SSSR count). The van der Waals surface area contributed by atoms with Crippen LogP contribution in [0.5, 0.6) is 0 Å². The van der Waals surface area contributed by atoms with Crippen LogP contribution in [0, 0.1) is 0 Å². The second-order valence-corrected chi connectivity index (χ2v) is 6.45. The van der Waals surface area contributed by atoms with E-state index in [1.54, 1.807) is 0 Å². The molecule has 18 heavy (non-hydrogen) atoms. The molecule has 1 saturated heterocycles. The van der Waals surface area contributed by atoms with Gasteiger partial charge in [0.25, 0.3) is 0 Å². The van der Waals surface area contributed by atoms with E-state index in [4.69, 9.17) is 5.73 Å². The molecule has 0 bridgehead atoms. The number of likely N-dealkylation sites (tertiary alicyclic amines) is 1. The summed E-state index contributed by atoms with van der Waals surface area (Å²) in [5.74, 6) is 0. The lowest BCUT2D eigenvalue weighted by Crippen LogP contribution is -2.53. The zero-order chi connectivity index (χ0) is 13.0. The summed E-state index contributed by atoms with van der Waals surface area (Å²) < 4.78 is 0. The molecular weight excluding hydrogens is 222 g/mol.